The van der Waals surface area contributed by atoms with Gasteiger partial charge in [-0.1, -0.05) is 6.07 Å². The third-order valence-corrected chi connectivity index (χ3v) is 5.12. The number of nitrogens with zero attached hydrogens (tertiary/aromatic N) is 6. The normalized spacial score (nSPS) is 11.2. The minimum absolute atomic E-state index is 0.176. The van der Waals surface area contributed by atoms with E-state index in [2.05, 4.69) is 25.7 Å². The molecule has 4 aromatic rings. The second-order valence-corrected chi connectivity index (χ2v) is 7.28. The van der Waals surface area contributed by atoms with Crippen LogP contribution in [0.4, 0.5) is 10.1 Å². The SMILES string of the molecule is Cc1ccc(NC(=O)CCc2c(C)nn(-c3ccc4nnc(C)n4n3)c2C)cc1F. The monoisotopic (exact) mass is 407 g/mol. The van der Waals surface area contributed by atoms with Gasteiger partial charge in [-0.05, 0) is 69.5 Å². The summed E-state index contributed by atoms with van der Waals surface area (Å²) >= 11 is 0. The highest BCUT2D eigenvalue weighted by molar-refractivity contribution is 5.90. The van der Waals surface area contributed by atoms with Gasteiger partial charge in [-0.3, -0.25) is 4.79 Å². The van der Waals surface area contributed by atoms with E-state index < -0.39 is 0 Å². The second kappa shape index (κ2) is 7.66. The van der Waals surface area contributed by atoms with Crippen LogP contribution >= 0.6 is 0 Å². The van der Waals surface area contributed by atoms with Crippen LogP contribution in [0.5, 0.6) is 0 Å². The van der Waals surface area contributed by atoms with Crippen molar-refractivity contribution in [2.45, 2.75) is 40.5 Å². The number of hydrogen-bond acceptors (Lipinski definition) is 5. The number of rotatable bonds is 5. The highest BCUT2D eigenvalue weighted by atomic mass is 19.1. The quantitative estimate of drug-likeness (QED) is 0.548. The Kier molecular flexibility index (Phi) is 5.03. The molecule has 0 aliphatic heterocycles. The molecule has 1 aromatic carbocycles. The lowest BCUT2D eigenvalue weighted by atomic mass is 10.1. The van der Waals surface area contributed by atoms with Crippen LogP contribution in [0.2, 0.25) is 0 Å². The number of amides is 1. The van der Waals surface area contributed by atoms with Crippen LogP contribution in [0.15, 0.2) is 30.3 Å². The van der Waals surface area contributed by atoms with E-state index in [0.29, 0.717) is 35.0 Å². The summed E-state index contributed by atoms with van der Waals surface area (Å²) in [5.41, 5.74) is 4.40. The summed E-state index contributed by atoms with van der Waals surface area (Å²) in [5, 5.41) is 20.0. The van der Waals surface area contributed by atoms with Crippen molar-refractivity contribution in [3.8, 4) is 5.82 Å². The van der Waals surface area contributed by atoms with Gasteiger partial charge in [0.15, 0.2) is 17.3 Å². The van der Waals surface area contributed by atoms with Gasteiger partial charge in [-0.2, -0.15) is 9.61 Å². The number of nitrogens with one attached hydrogen (secondary N) is 1. The van der Waals surface area contributed by atoms with Crippen molar-refractivity contribution in [2.75, 3.05) is 5.32 Å². The van der Waals surface area contributed by atoms with Gasteiger partial charge in [0.25, 0.3) is 0 Å². The first-order valence-corrected chi connectivity index (χ1v) is 9.64. The average molecular weight is 407 g/mol. The minimum Gasteiger partial charge on any atom is -0.326 e. The molecular weight excluding hydrogens is 385 g/mol. The number of hydrogen-bond donors (Lipinski definition) is 1. The number of aromatic nitrogens is 6. The maximum atomic E-state index is 13.7. The summed E-state index contributed by atoms with van der Waals surface area (Å²) in [6.45, 7) is 7.38. The molecule has 30 heavy (non-hydrogen) atoms. The van der Waals surface area contributed by atoms with Gasteiger partial charge in [0.2, 0.25) is 5.91 Å². The Morgan fingerprint density at radius 2 is 1.87 bits per heavy atom. The molecule has 1 N–H and O–H groups in total. The third-order valence-electron chi connectivity index (χ3n) is 5.12. The van der Waals surface area contributed by atoms with Crippen molar-refractivity contribution in [3.63, 3.8) is 0 Å². The Morgan fingerprint density at radius 3 is 2.63 bits per heavy atom. The Labute approximate surface area is 172 Å². The van der Waals surface area contributed by atoms with E-state index in [0.717, 1.165) is 17.0 Å². The van der Waals surface area contributed by atoms with Gasteiger partial charge in [-0.15, -0.1) is 15.3 Å². The van der Waals surface area contributed by atoms with E-state index in [-0.39, 0.29) is 18.1 Å². The standard InChI is InChI=1S/C21H22FN7O/c1-12-5-6-16(11-18(12)22)23-21(30)10-7-17-13(2)26-28(14(17)3)20-9-8-19-25-24-15(4)29(19)27-20/h5-6,8-9,11H,7,10H2,1-4H3,(H,23,30). The number of aryl methyl sites for hydroxylation is 3. The molecule has 0 saturated heterocycles. The summed E-state index contributed by atoms with van der Waals surface area (Å²) in [4.78, 5) is 12.3. The zero-order chi connectivity index (χ0) is 21.4. The number of anilines is 1. The number of carbonyl (C=O) groups excluding carboxylic acids is 1. The summed E-state index contributed by atoms with van der Waals surface area (Å²) in [6.07, 6.45) is 0.783. The summed E-state index contributed by atoms with van der Waals surface area (Å²) < 4.78 is 17.1. The molecule has 0 aliphatic carbocycles. The van der Waals surface area contributed by atoms with Crippen LogP contribution in [-0.4, -0.2) is 35.5 Å². The van der Waals surface area contributed by atoms with E-state index in [4.69, 9.17) is 0 Å². The molecule has 1 amide bonds. The van der Waals surface area contributed by atoms with Gasteiger partial charge in [0, 0.05) is 17.8 Å². The first kappa shape index (κ1) is 19.7. The zero-order valence-corrected chi connectivity index (χ0v) is 17.3. The molecule has 0 unspecified atom stereocenters. The predicted molar refractivity (Wildman–Crippen MR) is 110 cm³/mol. The van der Waals surface area contributed by atoms with E-state index in [1.54, 1.807) is 28.3 Å². The van der Waals surface area contributed by atoms with Gasteiger partial charge in [0.1, 0.15) is 5.82 Å². The van der Waals surface area contributed by atoms with E-state index in [1.807, 2.05) is 32.9 Å². The second-order valence-electron chi connectivity index (χ2n) is 7.28. The maximum absolute atomic E-state index is 13.7. The maximum Gasteiger partial charge on any atom is 0.224 e. The lowest BCUT2D eigenvalue weighted by molar-refractivity contribution is -0.116. The third kappa shape index (κ3) is 3.66. The fraction of sp³-hybridized carbons (Fsp3) is 0.286. The number of halogens is 1. The van der Waals surface area contributed by atoms with E-state index in [9.17, 15) is 9.18 Å². The fourth-order valence-corrected chi connectivity index (χ4v) is 3.39. The van der Waals surface area contributed by atoms with Crippen molar-refractivity contribution < 1.29 is 9.18 Å². The molecule has 9 heteroatoms. The topological polar surface area (TPSA) is 90.0 Å². The van der Waals surface area contributed by atoms with E-state index >= 15 is 0 Å². The Bertz CT molecular complexity index is 1260. The molecule has 0 atom stereocenters. The van der Waals surface area contributed by atoms with Gasteiger partial charge < -0.3 is 5.32 Å². The molecule has 0 aliphatic rings. The molecule has 3 aromatic heterocycles. The van der Waals surface area contributed by atoms with Gasteiger partial charge in [0.05, 0.1) is 5.69 Å². The fourth-order valence-electron chi connectivity index (χ4n) is 3.39. The van der Waals surface area contributed by atoms with E-state index in [1.165, 1.54) is 6.07 Å². The van der Waals surface area contributed by atoms with Crippen molar-refractivity contribution in [1.82, 2.24) is 29.6 Å². The van der Waals surface area contributed by atoms with Crippen molar-refractivity contribution >= 4 is 17.2 Å². The average Bonchev–Trinajstić information content (AvgIpc) is 3.22. The smallest absolute Gasteiger partial charge is 0.224 e. The molecular formula is C21H22FN7O. The molecule has 0 spiro atoms. The van der Waals surface area contributed by atoms with Gasteiger partial charge >= 0.3 is 0 Å². The first-order chi connectivity index (χ1) is 14.3. The highest BCUT2D eigenvalue weighted by Gasteiger charge is 2.16. The molecule has 0 saturated carbocycles. The lowest BCUT2D eigenvalue weighted by Gasteiger charge is -2.07. The van der Waals surface area contributed by atoms with Crippen LogP contribution in [-0.2, 0) is 11.2 Å². The number of benzene rings is 1. The number of carbonyl (C=O) groups is 1. The summed E-state index contributed by atoms with van der Waals surface area (Å²) in [6, 6.07) is 8.35. The lowest BCUT2D eigenvalue weighted by Crippen LogP contribution is -2.13. The Hall–Kier alpha value is -3.62. The molecule has 8 nitrogen and oxygen atoms in total. The van der Waals surface area contributed by atoms with Crippen molar-refractivity contribution in [1.29, 1.82) is 0 Å². The molecule has 0 bridgehead atoms. The van der Waals surface area contributed by atoms with Crippen LogP contribution in [0.25, 0.3) is 11.5 Å². The van der Waals surface area contributed by atoms with Crippen LogP contribution < -0.4 is 5.32 Å². The van der Waals surface area contributed by atoms with Crippen LogP contribution in [0.1, 0.15) is 34.8 Å². The summed E-state index contributed by atoms with van der Waals surface area (Å²) in [7, 11) is 0. The molecule has 0 radical (unpaired) electrons. The minimum atomic E-state index is -0.339. The van der Waals surface area contributed by atoms with Crippen LogP contribution in [0, 0.1) is 33.5 Å². The van der Waals surface area contributed by atoms with Gasteiger partial charge in [-0.25, -0.2) is 9.07 Å². The Morgan fingerprint density at radius 1 is 1.07 bits per heavy atom. The Balaban J connectivity index is 1.51. The number of fused-ring (bicyclic) bond motifs is 1. The first-order valence-electron chi connectivity index (χ1n) is 9.64. The predicted octanol–water partition coefficient (Wildman–Crippen LogP) is 3.25. The largest absolute Gasteiger partial charge is 0.326 e. The van der Waals surface area contributed by atoms with Crippen molar-refractivity contribution in [3.05, 3.63) is 64.5 Å². The molecule has 154 valence electrons. The van der Waals surface area contributed by atoms with Crippen LogP contribution in [0.3, 0.4) is 0 Å². The summed E-state index contributed by atoms with van der Waals surface area (Å²) in [5.74, 6) is 0.827. The van der Waals surface area contributed by atoms with Crippen molar-refractivity contribution in [2.24, 2.45) is 0 Å². The highest BCUT2D eigenvalue weighted by Crippen LogP contribution is 2.20. The molecule has 4 rings (SSSR count). The molecule has 0 fully saturated rings. The molecule has 3 heterocycles. The zero-order valence-electron chi connectivity index (χ0n) is 17.3.